The number of methoxy groups -OCH3 is 1. The number of hydrogen-bond donors (Lipinski definition) is 1. The molecule has 1 unspecified atom stereocenters. The number of benzene rings is 1. The Kier molecular flexibility index (Phi) is 5.50. The Morgan fingerprint density at radius 3 is 2.84 bits per heavy atom. The van der Waals surface area contributed by atoms with E-state index in [1.165, 1.54) is 5.56 Å². The molecule has 4 aromatic rings. The quantitative estimate of drug-likeness (QED) is 0.461. The molecule has 1 aliphatic heterocycles. The molecule has 8 heteroatoms. The number of nitrogens with zero attached hydrogens (tertiary/aromatic N) is 5. The summed E-state index contributed by atoms with van der Waals surface area (Å²) in [6.07, 6.45) is 3.16. The molecule has 0 radical (unpaired) electrons. The Morgan fingerprint density at radius 2 is 2.00 bits per heavy atom. The monoisotopic (exact) mass is 418 g/mol. The van der Waals surface area contributed by atoms with Crippen LogP contribution in [0.2, 0.25) is 0 Å². The fourth-order valence-corrected chi connectivity index (χ4v) is 4.02. The van der Waals surface area contributed by atoms with Crippen molar-refractivity contribution in [3.05, 3.63) is 54.2 Å². The highest BCUT2D eigenvalue weighted by Gasteiger charge is 2.19. The van der Waals surface area contributed by atoms with Crippen LogP contribution in [0.4, 0.5) is 0 Å². The Morgan fingerprint density at radius 1 is 1.10 bits per heavy atom. The smallest absolute Gasteiger partial charge is 0.187 e. The van der Waals surface area contributed by atoms with Gasteiger partial charge < -0.3 is 15.2 Å². The van der Waals surface area contributed by atoms with E-state index in [-0.39, 0.29) is 6.04 Å². The van der Waals surface area contributed by atoms with E-state index in [0.717, 1.165) is 59.9 Å². The van der Waals surface area contributed by atoms with Gasteiger partial charge in [0.2, 0.25) is 0 Å². The molecule has 5 rings (SSSR count). The molecule has 1 fully saturated rings. The summed E-state index contributed by atoms with van der Waals surface area (Å²) in [5.74, 6) is 1.49. The molecule has 0 bridgehead atoms. The fraction of sp³-hybridized carbons (Fsp3) is 0.348. The second-order valence-electron chi connectivity index (χ2n) is 7.97. The van der Waals surface area contributed by atoms with Gasteiger partial charge in [0.25, 0.3) is 0 Å². The molecule has 0 amide bonds. The lowest BCUT2D eigenvalue weighted by Gasteiger charge is -2.15. The third-order valence-electron chi connectivity index (χ3n) is 5.63. The first-order valence-electron chi connectivity index (χ1n) is 10.5. The van der Waals surface area contributed by atoms with Crippen molar-refractivity contribution in [2.45, 2.75) is 19.0 Å². The summed E-state index contributed by atoms with van der Waals surface area (Å²) < 4.78 is 12.8. The van der Waals surface area contributed by atoms with Crippen molar-refractivity contribution in [2.24, 2.45) is 5.73 Å². The van der Waals surface area contributed by atoms with E-state index in [1.54, 1.807) is 7.11 Å². The number of pyridine rings is 2. The predicted octanol–water partition coefficient (Wildman–Crippen LogP) is 2.50. The molecule has 0 aliphatic carbocycles. The number of likely N-dealkylation sites (tertiary alicyclic amines) is 1. The maximum Gasteiger partial charge on any atom is 0.187 e. The zero-order valence-corrected chi connectivity index (χ0v) is 17.6. The average molecular weight is 419 g/mol. The van der Waals surface area contributed by atoms with Gasteiger partial charge in [-0.2, -0.15) is 0 Å². The molecule has 1 aromatic carbocycles. The van der Waals surface area contributed by atoms with Crippen LogP contribution in [0.1, 0.15) is 12.0 Å². The van der Waals surface area contributed by atoms with Gasteiger partial charge in [-0.15, -0.1) is 10.2 Å². The Labute approximate surface area is 180 Å². The highest BCUT2D eigenvalue weighted by Crippen LogP contribution is 2.24. The van der Waals surface area contributed by atoms with Crippen molar-refractivity contribution < 1.29 is 9.47 Å². The number of ether oxygens (including phenoxy) is 2. The molecule has 3 aromatic heterocycles. The lowest BCUT2D eigenvalue weighted by molar-refractivity contribution is 0.146. The molecule has 2 N–H and O–H groups in total. The Balaban J connectivity index is 1.45. The topological polar surface area (TPSA) is 90.8 Å². The molecule has 1 atom stereocenters. The number of nitrogens with two attached hydrogens (primary N) is 1. The minimum absolute atomic E-state index is 0.277. The van der Waals surface area contributed by atoms with Gasteiger partial charge in [0.15, 0.2) is 11.5 Å². The second kappa shape index (κ2) is 8.58. The number of rotatable bonds is 7. The first-order valence-corrected chi connectivity index (χ1v) is 10.5. The van der Waals surface area contributed by atoms with E-state index in [9.17, 15) is 0 Å². The van der Waals surface area contributed by atoms with Gasteiger partial charge in [-0.05, 0) is 36.2 Å². The number of aromatic nitrogens is 4. The average Bonchev–Trinajstić information content (AvgIpc) is 3.39. The van der Waals surface area contributed by atoms with Crippen molar-refractivity contribution in [1.29, 1.82) is 0 Å². The van der Waals surface area contributed by atoms with Crippen LogP contribution >= 0.6 is 0 Å². The molecule has 4 heterocycles. The summed E-state index contributed by atoms with van der Waals surface area (Å²) in [7, 11) is 1.66. The Bertz CT molecular complexity index is 1210. The maximum absolute atomic E-state index is 6.05. The molecule has 160 valence electrons. The predicted molar refractivity (Wildman–Crippen MR) is 119 cm³/mol. The summed E-state index contributed by atoms with van der Waals surface area (Å²) in [4.78, 5) is 7.22. The normalized spacial score (nSPS) is 17.0. The van der Waals surface area contributed by atoms with Gasteiger partial charge in [-0.3, -0.25) is 9.30 Å². The largest absolute Gasteiger partial charge is 0.491 e. The highest BCUT2D eigenvalue weighted by atomic mass is 16.5. The molecule has 8 nitrogen and oxygen atoms in total. The van der Waals surface area contributed by atoms with Gasteiger partial charge in [0.1, 0.15) is 18.1 Å². The van der Waals surface area contributed by atoms with Crippen LogP contribution in [0.25, 0.3) is 28.1 Å². The van der Waals surface area contributed by atoms with Crippen molar-refractivity contribution in [3.63, 3.8) is 0 Å². The zero-order valence-electron chi connectivity index (χ0n) is 17.6. The fourth-order valence-electron chi connectivity index (χ4n) is 4.02. The van der Waals surface area contributed by atoms with E-state index in [2.05, 4.69) is 27.4 Å². The van der Waals surface area contributed by atoms with Crippen molar-refractivity contribution in [1.82, 2.24) is 24.5 Å². The third kappa shape index (κ3) is 4.23. The van der Waals surface area contributed by atoms with Crippen molar-refractivity contribution in [3.8, 4) is 17.3 Å². The number of hydrogen-bond acceptors (Lipinski definition) is 7. The third-order valence-corrected chi connectivity index (χ3v) is 5.63. The molecule has 0 saturated carbocycles. The lowest BCUT2D eigenvalue weighted by Crippen LogP contribution is -2.26. The van der Waals surface area contributed by atoms with Gasteiger partial charge >= 0.3 is 0 Å². The number of fused-ring (bicyclic) bond motifs is 2. The van der Waals surface area contributed by atoms with Crippen LogP contribution in [0, 0.1) is 0 Å². The van der Waals surface area contributed by atoms with Crippen LogP contribution in [-0.2, 0) is 11.3 Å². The summed E-state index contributed by atoms with van der Waals surface area (Å²) in [5, 5.41) is 9.78. The highest BCUT2D eigenvalue weighted by molar-refractivity contribution is 5.82. The minimum atomic E-state index is 0.277. The summed E-state index contributed by atoms with van der Waals surface area (Å²) >= 11 is 0. The maximum atomic E-state index is 6.05. The van der Waals surface area contributed by atoms with Gasteiger partial charge in [-0.1, -0.05) is 12.1 Å². The van der Waals surface area contributed by atoms with E-state index < -0.39 is 0 Å². The molecule has 1 saturated heterocycles. The molecule has 1 aliphatic rings. The summed E-state index contributed by atoms with van der Waals surface area (Å²) in [5.41, 5.74) is 9.69. The standard InChI is InChI=1S/C23H26N6O2/c1-30-10-11-31-19-5-3-17-4-6-20(25-21(17)12-19)23-27-26-22-7-2-16(14-29(22)23)13-28-9-8-18(24)15-28/h2-7,12,14,18H,8-11,13,15,24H2,1H3. The van der Waals surface area contributed by atoms with E-state index in [1.807, 2.05) is 40.8 Å². The van der Waals surface area contributed by atoms with E-state index in [0.29, 0.717) is 13.2 Å². The molecular weight excluding hydrogens is 392 g/mol. The lowest BCUT2D eigenvalue weighted by atomic mass is 10.2. The van der Waals surface area contributed by atoms with Crippen molar-refractivity contribution >= 4 is 16.6 Å². The van der Waals surface area contributed by atoms with Gasteiger partial charge in [-0.25, -0.2) is 4.98 Å². The Hall–Kier alpha value is -3.07. The van der Waals surface area contributed by atoms with Crippen LogP contribution in [0.3, 0.4) is 0 Å². The van der Waals surface area contributed by atoms with E-state index >= 15 is 0 Å². The summed E-state index contributed by atoms with van der Waals surface area (Å²) in [6.45, 7) is 3.89. The van der Waals surface area contributed by atoms with Crippen LogP contribution in [0.5, 0.6) is 5.75 Å². The van der Waals surface area contributed by atoms with Gasteiger partial charge in [0.05, 0.1) is 12.1 Å². The SMILES string of the molecule is COCCOc1ccc2ccc(-c3nnc4ccc(CN5CCC(N)C5)cn34)nc2c1. The zero-order chi connectivity index (χ0) is 21.2. The molecule has 0 spiro atoms. The van der Waals surface area contributed by atoms with Crippen LogP contribution < -0.4 is 10.5 Å². The van der Waals surface area contributed by atoms with Crippen molar-refractivity contribution in [2.75, 3.05) is 33.4 Å². The molecular formula is C23H26N6O2. The minimum Gasteiger partial charge on any atom is -0.491 e. The van der Waals surface area contributed by atoms with Crippen LogP contribution in [-0.4, -0.2) is 63.9 Å². The van der Waals surface area contributed by atoms with E-state index in [4.69, 9.17) is 20.2 Å². The summed E-state index contributed by atoms with van der Waals surface area (Å²) in [6, 6.07) is 14.3. The first kappa shape index (κ1) is 19.9. The first-order chi connectivity index (χ1) is 15.2. The van der Waals surface area contributed by atoms with Gasteiger partial charge in [0, 0.05) is 50.4 Å². The van der Waals surface area contributed by atoms with Crippen LogP contribution in [0.15, 0.2) is 48.7 Å². The molecule has 31 heavy (non-hydrogen) atoms. The second-order valence-corrected chi connectivity index (χ2v) is 7.97.